The largest absolute Gasteiger partial charge is 0.340 e. The molecule has 1 aliphatic heterocycles. The van der Waals surface area contributed by atoms with Crippen molar-refractivity contribution < 1.29 is 9.47 Å². The number of nitrogens with two attached hydrogens (primary N) is 2. The minimum absolute atomic E-state index is 0.0768. The van der Waals surface area contributed by atoms with E-state index in [9.17, 15) is 0 Å². The monoisotopic (exact) mass is 214 g/mol. The molecule has 0 aromatic carbocycles. The molecule has 1 aliphatic rings. The van der Waals surface area contributed by atoms with Gasteiger partial charge < -0.3 is 20.9 Å². The maximum Gasteiger partial charge on any atom is 0.194 e. The first-order chi connectivity index (χ1) is 6.85. The second-order valence-electron chi connectivity index (χ2n) is 3.17. The minimum atomic E-state index is -0.280. The van der Waals surface area contributed by atoms with Gasteiger partial charge in [-0.05, 0) is 11.4 Å². The van der Waals surface area contributed by atoms with Crippen molar-refractivity contribution in [3.05, 3.63) is 22.4 Å². The van der Waals surface area contributed by atoms with Crippen molar-refractivity contribution in [3.63, 3.8) is 0 Å². The van der Waals surface area contributed by atoms with Crippen LogP contribution in [0.5, 0.6) is 0 Å². The minimum Gasteiger partial charge on any atom is -0.340 e. The fourth-order valence-electron chi connectivity index (χ4n) is 1.50. The van der Waals surface area contributed by atoms with Crippen molar-refractivity contribution in [2.24, 2.45) is 11.5 Å². The van der Waals surface area contributed by atoms with Gasteiger partial charge in [0.25, 0.3) is 0 Å². The molecule has 2 rings (SSSR count). The molecular weight excluding hydrogens is 200 g/mol. The average molecular weight is 214 g/mol. The molecule has 2 atom stereocenters. The lowest BCUT2D eigenvalue weighted by molar-refractivity contribution is -0.0644. The van der Waals surface area contributed by atoms with E-state index >= 15 is 0 Å². The third-order valence-electron chi connectivity index (χ3n) is 2.25. The summed E-state index contributed by atoms with van der Waals surface area (Å²) in [4.78, 5) is 1.07. The van der Waals surface area contributed by atoms with E-state index in [1.54, 1.807) is 11.3 Å². The fraction of sp³-hybridized carbons (Fsp3) is 0.556. The zero-order valence-corrected chi connectivity index (χ0v) is 8.57. The summed E-state index contributed by atoms with van der Waals surface area (Å²) in [5, 5.41) is 2.00. The van der Waals surface area contributed by atoms with Crippen molar-refractivity contribution in [2.45, 2.75) is 18.5 Å². The first kappa shape index (κ1) is 10.1. The van der Waals surface area contributed by atoms with Crippen LogP contribution in [-0.2, 0) is 9.47 Å². The molecule has 1 fully saturated rings. The van der Waals surface area contributed by atoms with Crippen LogP contribution in [0.4, 0.5) is 0 Å². The van der Waals surface area contributed by atoms with Crippen molar-refractivity contribution >= 4 is 11.3 Å². The molecule has 2 heterocycles. The zero-order valence-electron chi connectivity index (χ0n) is 7.76. The average Bonchev–Trinajstić information content (AvgIpc) is 2.85. The molecule has 0 aliphatic carbocycles. The number of ether oxygens (including phenoxy) is 2. The number of hydrogen-bond acceptors (Lipinski definition) is 5. The zero-order chi connectivity index (χ0) is 9.97. The van der Waals surface area contributed by atoms with Gasteiger partial charge in [-0.1, -0.05) is 6.07 Å². The van der Waals surface area contributed by atoms with Crippen LogP contribution in [0.15, 0.2) is 17.5 Å². The van der Waals surface area contributed by atoms with E-state index in [0.717, 1.165) is 4.88 Å². The Balaban J connectivity index is 2.05. The lowest BCUT2D eigenvalue weighted by Gasteiger charge is -2.10. The van der Waals surface area contributed by atoms with Crippen LogP contribution in [0.25, 0.3) is 0 Å². The van der Waals surface area contributed by atoms with Crippen LogP contribution in [0.3, 0.4) is 0 Å². The molecule has 4 N–H and O–H groups in total. The summed E-state index contributed by atoms with van der Waals surface area (Å²) in [5.41, 5.74) is 11.1. The molecule has 78 valence electrons. The number of thiophene rings is 1. The molecule has 0 amide bonds. The van der Waals surface area contributed by atoms with Crippen LogP contribution in [0.2, 0.25) is 0 Å². The topological polar surface area (TPSA) is 70.5 Å². The highest BCUT2D eigenvalue weighted by Crippen LogP contribution is 2.32. The lowest BCUT2D eigenvalue weighted by Crippen LogP contribution is -2.35. The Hall–Kier alpha value is -0.460. The third kappa shape index (κ3) is 1.82. The molecule has 1 aromatic heterocycles. The van der Waals surface area contributed by atoms with Gasteiger partial charge >= 0.3 is 0 Å². The Kier molecular flexibility index (Phi) is 3.15. The van der Waals surface area contributed by atoms with Gasteiger partial charge in [-0.15, -0.1) is 11.3 Å². The highest BCUT2D eigenvalue weighted by molar-refractivity contribution is 7.10. The lowest BCUT2D eigenvalue weighted by atomic mass is 10.2. The van der Waals surface area contributed by atoms with Gasteiger partial charge in [-0.2, -0.15) is 0 Å². The van der Waals surface area contributed by atoms with Crippen molar-refractivity contribution in [1.82, 2.24) is 0 Å². The summed E-state index contributed by atoms with van der Waals surface area (Å²) >= 11 is 1.61. The van der Waals surface area contributed by atoms with Gasteiger partial charge in [0.15, 0.2) is 6.29 Å². The molecule has 4 nitrogen and oxygen atoms in total. The molecular formula is C9H14N2O2S. The van der Waals surface area contributed by atoms with E-state index in [0.29, 0.717) is 13.1 Å². The highest BCUT2D eigenvalue weighted by Gasteiger charge is 2.35. The Labute approximate surface area is 86.8 Å². The molecule has 0 spiro atoms. The Bertz CT molecular complexity index is 266. The number of rotatable bonds is 3. The van der Waals surface area contributed by atoms with Crippen LogP contribution < -0.4 is 11.5 Å². The fourth-order valence-corrected chi connectivity index (χ4v) is 2.19. The molecule has 5 heteroatoms. The third-order valence-corrected chi connectivity index (χ3v) is 3.15. The normalized spacial score (nSPS) is 32.3. The Morgan fingerprint density at radius 3 is 2.29 bits per heavy atom. The summed E-state index contributed by atoms with van der Waals surface area (Å²) in [6.45, 7) is 0.896. The smallest absolute Gasteiger partial charge is 0.194 e. The molecule has 2 unspecified atom stereocenters. The predicted molar refractivity (Wildman–Crippen MR) is 54.9 cm³/mol. The summed E-state index contributed by atoms with van der Waals surface area (Å²) in [5.74, 6) is 0. The second kappa shape index (κ2) is 4.37. The summed E-state index contributed by atoms with van der Waals surface area (Å²) in [6.07, 6.45) is -0.434. The SMILES string of the molecule is NCC1OC(c2cccs2)OC1CN. The van der Waals surface area contributed by atoms with Crippen LogP contribution in [0.1, 0.15) is 11.2 Å². The molecule has 1 saturated heterocycles. The van der Waals surface area contributed by atoms with E-state index in [-0.39, 0.29) is 18.5 Å². The molecule has 0 saturated carbocycles. The predicted octanol–water partition coefficient (Wildman–Crippen LogP) is 0.448. The van der Waals surface area contributed by atoms with Gasteiger partial charge in [-0.3, -0.25) is 0 Å². The van der Waals surface area contributed by atoms with E-state index < -0.39 is 0 Å². The Morgan fingerprint density at radius 2 is 1.86 bits per heavy atom. The van der Waals surface area contributed by atoms with Gasteiger partial charge in [0.05, 0.1) is 4.88 Å². The van der Waals surface area contributed by atoms with E-state index in [4.69, 9.17) is 20.9 Å². The first-order valence-corrected chi connectivity index (χ1v) is 5.47. The van der Waals surface area contributed by atoms with Gasteiger partial charge in [0, 0.05) is 13.1 Å². The van der Waals surface area contributed by atoms with Crippen LogP contribution in [-0.4, -0.2) is 25.3 Å². The van der Waals surface area contributed by atoms with Gasteiger partial charge in [-0.25, -0.2) is 0 Å². The van der Waals surface area contributed by atoms with Crippen LogP contribution in [0, 0.1) is 0 Å². The maximum absolute atomic E-state index is 5.64. The van der Waals surface area contributed by atoms with Crippen molar-refractivity contribution in [2.75, 3.05) is 13.1 Å². The molecule has 0 bridgehead atoms. The second-order valence-corrected chi connectivity index (χ2v) is 4.15. The summed E-state index contributed by atoms with van der Waals surface area (Å²) < 4.78 is 11.3. The molecule has 14 heavy (non-hydrogen) atoms. The van der Waals surface area contributed by atoms with Crippen molar-refractivity contribution in [3.8, 4) is 0 Å². The molecule has 0 radical (unpaired) electrons. The Morgan fingerprint density at radius 1 is 1.21 bits per heavy atom. The van der Waals surface area contributed by atoms with Gasteiger partial charge in [0.2, 0.25) is 0 Å². The van der Waals surface area contributed by atoms with E-state index in [1.807, 2.05) is 17.5 Å². The molecule has 1 aromatic rings. The van der Waals surface area contributed by atoms with Gasteiger partial charge in [0.1, 0.15) is 12.2 Å². The van der Waals surface area contributed by atoms with Crippen LogP contribution >= 0.6 is 11.3 Å². The summed E-state index contributed by atoms with van der Waals surface area (Å²) in [6, 6.07) is 3.96. The summed E-state index contributed by atoms with van der Waals surface area (Å²) in [7, 11) is 0. The standard InChI is InChI=1S/C9H14N2O2S/c10-4-6-7(5-11)13-9(12-6)8-2-1-3-14-8/h1-3,6-7,9H,4-5,10-11H2. The van der Waals surface area contributed by atoms with E-state index in [2.05, 4.69) is 0 Å². The maximum atomic E-state index is 5.64. The number of hydrogen-bond donors (Lipinski definition) is 2. The van der Waals surface area contributed by atoms with E-state index in [1.165, 1.54) is 0 Å². The van der Waals surface area contributed by atoms with Crippen molar-refractivity contribution in [1.29, 1.82) is 0 Å². The first-order valence-electron chi connectivity index (χ1n) is 4.59. The highest BCUT2D eigenvalue weighted by atomic mass is 32.1. The quantitative estimate of drug-likeness (QED) is 0.766.